The number of nitriles is 1. The maximum atomic E-state index is 8.69. The van der Waals surface area contributed by atoms with E-state index in [4.69, 9.17) is 16.9 Å². The molecule has 1 aromatic rings. The molecule has 0 saturated carbocycles. The van der Waals surface area contributed by atoms with Crippen LogP contribution < -0.4 is 0 Å². The molecule has 1 aromatic carbocycles. The van der Waals surface area contributed by atoms with E-state index in [-0.39, 0.29) is 0 Å². The second-order valence-electron chi connectivity index (χ2n) is 3.46. The summed E-state index contributed by atoms with van der Waals surface area (Å²) in [6.45, 7) is 4.25. The molecule has 0 heterocycles. The SMILES string of the molecule is CCCN(CC#N)Cc1ccccc1Cl. The minimum Gasteiger partial charge on any atom is -0.286 e. The molecule has 0 fully saturated rings. The van der Waals surface area contributed by atoms with E-state index < -0.39 is 0 Å². The van der Waals surface area contributed by atoms with E-state index >= 15 is 0 Å². The third kappa shape index (κ3) is 3.91. The summed E-state index contributed by atoms with van der Waals surface area (Å²) in [5.41, 5.74) is 1.09. The van der Waals surface area contributed by atoms with Crippen molar-refractivity contribution >= 4 is 11.6 Å². The first-order valence-electron chi connectivity index (χ1n) is 5.10. The second-order valence-corrected chi connectivity index (χ2v) is 3.87. The summed E-state index contributed by atoms with van der Waals surface area (Å²) in [5, 5.41) is 9.46. The fourth-order valence-corrected chi connectivity index (χ4v) is 1.69. The van der Waals surface area contributed by atoms with Crippen LogP contribution in [-0.4, -0.2) is 18.0 Å². The molecule has 0 saturated heterocycles. The Morgan fingerprint density at radius 3 is 2.73 bits per heavy atom. The molecule has 0 aromatic heterocycles. The van der Waals surface area contributed by atoms with E-state index in [0.717, 1.165) is 30.1 Å². The Labute approximate surface area is 96.1 Å². The van der Waals surface area contributed by atoms with E-state index in [1.54, 1.807) is 0 Å². The Morgan fingerprint density at radius 1 is 1.40 bits per heavy atom. The van der Waals surface area contributed by atoms with Crippen LogP contribution in [0.5, 0.6) is 0 Å². The lowest BCUT2D eigenvalue weighted by molar-refractivity contribution is 0.298. The van der Waals surface area contributed by atoms with Gasteiger partial charge in [0, 0.05) is 11.6 Å². The van der Waals surface area contributed by atoms with E-state index in [9.17, 15) is 0 Å². The van der Waals surface area contributed by atoms with Crippen LogP contribution in [0.3, 0.4) is 0 Å². The van der Waals surface area contributed by atoms with Crippen LogP contribution in [0.2, 0.25) is 5.02 Å². The van der Waals surface area contributed by atoms with Crippen molar-refractivity contribution in [3.63, 3.8) is 0 Å². The molecule has 0 bridgehead atoms. The Morgan fingerprint density at radius 2 is 2.13 bits per heavy atom. The van der Waals surface area contributed by atoms with Crippen LogP contribution in [0.1, 0.15) is 18.9 Å². The van der Waals surface area contributed by atoms with Crippen LogP contribution in [-0.2, 0) is 6.54 Å². The van der Waals surface area contributed by atoms with Gasteiger partial charge in [0.25, 0.3) is 0 Å². The molecule has 0 aliphatic heterocycles. The van der Waals surface area contributed by atoms with Gasteiger partial charge in [-0.2, -0.15) is 5.26 Å². The maximum Gasteiger partial charge on any atom is 0.0868 e. The predicted molar refractivity (Wildman–Crippen MR) is 62.6 cm³/mol. The van der Waals surface area contributed by atoms with E-state index in [2.05, 4.69) is 17.9 Å². The number of hydrogen-bond donors (Lipinski definition) is 0. The Hall–Kier alpha value is -1.04. The number of nitrogens with zero attached hydrogens (tertiary/aromatic N) is 2. The van der Waals surface area contributed by atoms with Gasteiger partial charge in [-0.05, 0) is 24.6 Å². The quantitative estimate of drug-likeness (QED) is 0.716. The fourth-order valence-electron chi connectivity index (χ4n) is 1.50. The highest BCUT2D eigenvalue weighted by atomic mass is 35.5. The van der Waals surface area contributed by atoms with Gasteiger partial charge in [-0.15, -0.1) is 0 Å². The molecular weight excluding hydrogens is 208 g/mol. The summed E-state index contributed by atoms with van der Waals surface area (Å²) in [4.78, 5) is 2.10. The molecule has 15 heavy (non-hydrogen) atoms. The molecular formula is C12H15ClN2. The zero-order chi connectivity index (χ0) is 11.1. The summed E-state index contributed by atoms with van der Waals surface area (Å²) >= 11 is 6.06. The number of hydrogen-bond acceptors (Lipinski definition) is 2. The van der Waals surface area contributed by atoms with Crippen molar-refractivity contribution in [3.05, 3.63) is 34.9 Å². The highest BCUT2D eigenvalue weighted by molar-refractivity contribution is 6.31. The van der Waals surface area contributed by atoms with Gasteiger partial charge < -0.3 is 0 Å². The van der Waals surface area contributed by atoms with E-state index in [1.807, 2.05) is 24.3 Å². The molecule has 0 spiro atoms. The zero-order valence-corrected chi connectivity index (χ0v) is 9.67. The van der Waals surface area contributed by atoms with Crippen LogP contribution >= 0.6 is 11.6 Å². The van der Waals surface area contributed by atoms with Crippen LogP contribution in [0.25, 0.3) is 0 Å². The smallest absolute Gasteiger partial charge is 0.0868 e. The van der Waals surface area contributed by atoms with Gasteiger partial charge in [0.2, 0.25) is 0 Å². The summed E-state index contributed by atoms with van der Waals surface area (Å²) in [5.74, 6) is 0. The molecule has 1 rings (SSSR count). The molecule has 2 nitrogen and oxygen atoms in total. The predicted octanol–water partition coefficient (Wildman–Crippen LogP) is 3.08. The number of benzene rings is 1. The lowest BCUT2D eigenvalue weighted by Crippen LogP contribution is -2.24. The first-order valence-corrected chi connectivity index (χ1v) is 5.48. The molecule has 3 heteroatoms. The van der Waals surface area contributed by atoms with E-state index in [0.29, 0.717) is 6.54 Å². The van der Waals surface area contributed by atoms with Gasteiger partial charge in [0.15, 0.2) is 0 Å². The monoisotopic (exact) mass is 222 g/mol. The molecule has 0 atom stereocenters. The Kier molecular flexibility index (Phi) is 5.17. The fraction of sp³-hybridized carbons (Fsp3) is 0.417. The summed E-state index contributed by atoms with van der Waals surface area (Å²) in [6, 6.07) is 9.95. The van der Waals surface area contributed by atoms with Crippen molar-refractivity contribution < 1.29 is 0 Å². The third-order valence-corrected chi connectivity index (χ3v) is 2.55. The van der Waals surface area contributed by atoms with Crippen molar-refractivity contribution in [1.29, 1.82) is 5.26 Å². The largest absolute Gasteiger partial charge is 0.286 e. The van der Waals surface area contributed by atoms with Crippen molar-refractivity contribution in [1.82, 2.24) is 4.90 Å². The lowest BCUT2D eigenvalue weighted by Gasteiger charge is -2.18. The Bertz CT molecular complexity index is 344. The second kappa shape index (κ2) is 6.44. The van der Waals surface area contributed by atoms with Crippen molar-refractivity contribution in [2.45, 2.75) is 19.9 Å². The van der Waals surface area contributed by atoms with Gasteiger partial charge in [-0.3, -0.25) is 4.90 Å². The molecule has 0 amide bonds. The molecule has 0 aliphatic carbocycles. The summed E-state index contributed by atoms with van der Waals surface area (Å²) in [7, 11) is 0. The minimum absolute atomic E-state index is 0.457. The van der Waals surface area contributed by atoms with Gasteiger partial charge in [-0.25, -0.2) is 0 Å². The average Bonchev–Trinajstić information content (AvgIpc) is 2.22. The standard InChI is InChI=1S/C12H15ClN2/c1-2-8-15(9-7-14)10-11-5-3-4-6-12(11)13/h3-6H,2,8-10H2,1H3. The van der Waals surface area contributed by atoms with Crippen LogP contribution in [0.4, 0.5) is 0 Å². The average molecular weight is 223 g/mol. The topological polar surface area (TPSA) is 27.0 Å². The first kappa shape index (κ1) is 12.0. The molecule has 0 aliphatic rings. The number of rotatable bonds is 5. The van der Waals surface area contributed by atoms with Gasteiger partial charge >= 0.3 is 0 Å². The zero-order valence-electron chi connectivity index (χ0n) is 8.91. The highest BCUT2D eigenvalue weighted by Gasteiger charge is 2.06. The van der Waals surface area contributed by atoms with Crippen LogP contribution in [0, 0.1) is 11.3 Å². The van der Waals surface area contributed by atoms with E-state index in [1.165, 1.54) is 0 Å². The lowest BCUT2D eigenvalue weighted by atomic mass is 10.2. The molecule has 0 N–H and O–H groups in total. The van der Waals surface area contributed by atoms with Crippen molar-refractivity contribution in [2.24, 2.45) is 0 Å². The Balaban J connectivity index is 2.66. The molecule has 80 valence electrons. The first-order chi connectivity index (χ1) is 7.27. The highest BCUT2D eigenvalue weighted by Crippen LogP contribution is 2.16. The summed E-state index contributed by atoms with van der Waals surface area (Å²) < 4.78 is 0. The molecule has 0 radical (unpaired) electrons. The molecule has 0 unspecified atom stereocenters. The normalized spacial score (nSPS) is 10.3. The summed E-state index contributed by atoms with van der Waals surface area (Å²) in [6.07, 6.45) is 1.05. The number of halogens is 1. The van der Waals surface area contributed by atoms with Gasteiger partial charge in [0.05, 0.1) is 12.6 Å². The maximum absolute atomic E-state index is 8.69. The van der Waals surface area contributed by atoms with Gasteiger partial charge in [0.1, 0.15) is 0 Å². The van der Waals surface area contributed by atoms with Gasteiger partial charge in [-0.1, -0.05) is 36.7 Å². The van der Waals surface area contributed by atoms with Crippen molar-refractivity contribution in [3.8, 4) is 6.07 Å². The minimum atomic E-state index is 0.457. The van der Waals surface area contributed by atoms with Crippen LogP contribution in [0.15, 0.2) is 24.3 Å². The third-order valence-electron chi connectivity index (χ3n) is 2.19. The van der Waals surface area contributed by atoms with Crippen molar-refractivity contribution in [2.75, 3.05) is 13.1 Å².